The molecule has 0 heterocycles. The highest BCUT2D eigenvalue weighted by Gasteiger charge is 2.15. The summed E-state index contributed by atoms with van der Waals surface area (Å²) in [5.41, 5.74) is 4.59. The molecular formula is C20H40. The normalized spacial score (nSPS) is 14.4. The zero-order valence-corrected chi connectivity index (χ0v) is 15.9. The van der Waals surface area contributed by atoms with Crippen LogP contribution in [0.3, 0.4) is 0 Å². The Morgan fingerprint density at radius 3 is 1.85 bits per heavy atom. The lowest BCUT2D eigenvalue weighted by molar-refractivity contribution is 0.590. The molecule has 0 bridgehead atoms. The minimum absolute atomic E-state index is 0.786. The molecule has 0 amide bonds. The van der Waals surface area contributed by atoms with Gasteiger partial charge in [0.1, 0.15) is 0 Å². The fourth-order valence-corrected chi connectivity index (χ4v) is 2.19. The molecule has 120 valence electrons. The first-order chi connectivity index (χ1) is 9.77. The van der Waals surface area contributed by atoms with Gasteiger partial charge in [-0.3, -0.25) is 0 Å². The van der Waals surface area contributed by atoms with Gasteiger partial charge in [0.2, 0.25) is 0 Å². The molecule has 1 aliphatic carbocycles. The highest BCUT2D eigenvalue weighted by atomic mass is 14.2. The van der Waals surface area contributed by atoms with Gasteiger partial charge < -0.3 is 0 Å². The minimum Gasteiger partial charge on any atom is -0.0683 e. The van der Waals surface area contributed by atoms with Crippen LogP contribution in [0.4, 0.5) is 0 Å². The van der Waals surface area contributed by atoms with Crippen LogP contribution in [0, 0.1) is 6.92 Å². The van der Waals surface area contributed by atoms with E-state index in [0.717, 1.165) is 5.92 Å². The number of aryl methyl sites for hydroxylation is 2. The van der Waals surface area contributed by atoms with E-state index in [1.807, 2.05) is 55.4 Å². The van der Waals surface area contributed by atoms with Crippen molar-refractivity contribution in [1.29, 1.82) is 0 Å². The third kappa shape index (κ3) is 9.18. The van der Waals surface area contributed by atoms with Crippen molar-refractivity contribution in [2.75, 3.05) is 0 Å². The van der Waals surface area contributed by atoms with E-state index in [1.165, 1.54) is 24.8 Å². The van der Waals surface area contributed by atoms with Crippen LogP contribution >= 0.6 is 0 Å². The fraction of sp³-hybridized carbons (Fsp3) is 0.700. The van der Waals surface area contributed by atoms with Gasteiger partial charge in [-0.1, -0.05) is 86.1 Å². The van der Waals surface area contributed by atoms with E-state index < -0.39 is 0 Å². The zero-order valence-electron chi connectivity index (χ0n) is 15.9. The van der Waals surface area contributed by atoms with Gasteiger partial charge >= 0.3 is 0 Å². The Bertz CT molecular complexity index is 286. The van der Waals surface area contributed by atoms with E-state index in [4.69, 9.17) is 0 Å². The van der Waals surface area contributed by atoms with Crippen molar-refractivity contribution >= 4 is 0 Å². The van der Waals surface area contributed by atoms with Crippen LogP contribution in [0.5, 0.6) is 0 Å². The average molecular weight is 281 g/mol. The molecule has 0 aromatic heterocycles. The van der Waals surface area contributed by atoms with Crippen molar-refractivity contribution < 1.29 is 0 Å². The number of fused-ring (bicyclic) bond motifs is 1. The second-order valence-electron chi connectivity index (χ2n) is 4.00. The van der Waals surface area contributed by atoms with Crippen molar-refractivity contribution in [1.82, 2.24) is 0 Å². The molecule has 2 rings (SSSR count). The maximum absolute atomic E-state index is 2.35. The molecule has 0 heteroatoms. The van der Waals surface area contributed by atoms with E-state index in [0.29, 0.717) is 0 Å². The standard InChI is InChI=1S/C12H16.4C2H6/c1-9-6-7-12-10(2)4-3-5-11(12)8-9;4*1-2/h6-8,10H,3-5H2,1-2H3;4*1-2H3. The average Bonchev–Trinajstić information content (AvgIpc) is 2.55. The maximum Gasteiger partial charge on any atom is -0.0188 e. The van der Waals surface area contributed by atoms with Crippen molar-refractivity contribution in [2.45, 2.75) is 94.4 Å². The van der Waals surface area contributed by atoms with Crippen molar-refractivity contribution in [3.05, 3.63) is 34.9 Å². The van der Waals surface area contributed by atoms with Gasteiger partial charge in [-0.2, -0.15) is 0 Å². The Labute approximate surface area is 130 Å². The second-order valence-corrected chi connectivity index (χ2v) is 4.00. The SMILES string of the molecule is CC.CC.CC.CC.Cc1ccc2c(c1)CCCC2C. The summed E-state index contributed by atoms with van der Waals surface area (Å²) >= 11 is 0. The minimum atomic E-state index is 0.786. The molecule has 1 aromatic carbocycles. The molecule has 0 aliphatic heterocycles. The van der Waals surface area contributed by atoms with E-state index in [1.54, 1.807) is 11.1 Å². The Hall–Kier alpha value is -0.780. The summed E-state index contributed by atoms with van der Waals surface area (Å²) in [5.74, 6) is 0.786. The Balaban J connectivity index is -0.000000314. The molecule has 0 spiro atoms. The molecule has 20 heavy (non-hydrogen) atoms. The number of rotatable bonds is 0. The lowest BCUT2D eigenvalue weighted by Crippen LogP contribution is -2.06. The van der Waals surface area contributed by atoms with E-state index in [9.17, 15) is 0 Å². The highest BCUT2D eigenvalue weighted by molar-refractivity contribution is 5.35. The third-order valence-corrected chi connectivity index (χ3v) is 2.91. The number of hydrogen-bond donors (Lipinski definition) is 0. The van der Waals surface area contributed by atoms with Crippen molar-refractivity contribution in [3.63, 3.8) is 0 Å². The Morgan fingerprint density at radius 1 is 0.850 bits per heavy atom. The predicted molar refractivity (Wildman–Crippen MR) is 97.9 cm³/mol. The van der Waals surface area contributed by atoms with E-state index >= 15 is 0 Å². The van der Waals surface area contributed by atoms with Crippen LogP contribution in [0.25, 0.3) is 0 Å². The van der Waals surface area contributed by atoms with Crippen LogP contribution < -0.4 is 0 Å². The quantitative estimate of drug-likeness (QED) is 0.460. The highest BCUT2D eigenvalue weighted by Crippen LogP contribution is 2.31. The summed E-state index contributed by atoms with van der Waals surface area (Å²) in [7, 11) is 0. The van der Waals surface area contributed by atoms with Gasteiger partial charge in [-0.25, -0.2) is 0 Å². The molecule has 0 nitrogen and oxygen atoms in total. The van der Waals surface area contributed by atoms with Crippen molar-refractivity contribution in [2.24, 2.45) is 0 Å². The molecular weight excluding hydrogens is 240 g/mol. The van der Waals surface area contributed by atoms with Gasteiger partial charge in [-0.05, 0) is 43.2 Å². The molecule has 0 saturated heterocycles. The Morgan fingerprint density at radius 2 is 1.35 bits per heavy atom. The monoisotopic (exact) mass is 280 g/mol. The lowest BCUT2D eigenvalue weighted by atomic mass is 9.83. The molecule has 1 atom stereocenters. The fourth-order valence-electron chi connectivity index (χ4n) is 2.19. The van der Waals surface area contributed by atoms with Crippen LogP contribution in [0.15, 0.2) is 18.2 Å². The van der Waals surface area contributed by atoms with Gasteiger partial charge in [0.25, 0.3) is 0 Å². The van der Waals surface area contributed by atoms with Crippen LogP contribution in [0.1, 0.15) is 97.8 Å². The van der Waals surface area contributed by atoms with Gasteiger partial charge in [0, 0.05) is 0 Å². The predicted octanol–water partition coefficient (Wildman–Crippen LogP) is 7.54. The van der Waals surface area contributed by atoms with Crippen molar-refractivity contribution in [3.8, 4) is 0 Å². The van der Waals surface area contributed by atoms with E-state index in [2.05, 4.69) is 32.0 Å². The third-order valence-electron chi connectivity index (χ3n) is 2.91. The molecule has 0 saturated carbocycles. The lowest BCUT2D eigenvalue weighted by Gasteiger charge is -2.22. The molecule has 1 aliphatic rings. The second kappa shape index (κ2) is 18.2. The summed E-state index contributed by atoms with van der Waals surface area (Å²) < 4.78 is 0. The summed E-state index contributed by atoms with van der Waals surface area (Å²) in [6, 6.07) is 6.90. The molecule has 0 N–H and O–H groups in total. The Kier molecular flexibility index (Phi) is 22.1. The molecule has 1 aromatic rings. The van der Waals surface area contributed by atoms with Crippen LogP contribution in [-0.2, 0) is 6.42 Å². The number of benzene rings is 1. The largest absolute Gasteiger partial charge is 0.0683 e. The van der Waals surface area contributed by atoms with Gasteiger partial charge in [-0.15, -0.1) is 0 Å². The maximum atomic E-state index is 2.35. The smallest absolute Gasteiger partial charge is 0.0188 e. The van der Waals surface area contributed by atoms with Crippen LogP contribution in [0.2, 0.25) is 0 Å². The summed E-state index contributed by atoms with van der Waals surface area (Å²) in [4.78, 5) is 0. The first-order valence-corrected chi connectivity index (χ1v) is 8.87. The molecule has 1 unspecified atom stereocenters. The first kappa shape index (κ1) is 24.3. The summed E-state index contributed by atoms with van der Waals surface area (Å²) in [5, 5.41) is 0. The van der Waals surface area contributed by atoms with E-state index in [-0.39, 0.29) is 0 Å². The number of hydrogen-bond acceptors (Lipinski definition) is 0. The molecule has 0 radical (unpaired) electrons. The topological polar surface area (TPSA) is 0 Å². The zero-order chi connectivity index (χ0) is 16.6. The van der Waals surface area contributed by atoms with Gasteiger partial charge in [0.05, 0.1) is 0 Å². The van der Waals surface area contributed by atoms with Gasteiger partial charge in [0.15, 0.2) is 0 Å². The summed E-state index contributed by atoms with van der Waals surface area (Å²) in [6.45, 7) is 20.5. The van der Waals surface area contributed by atoms with Crippen LogP contribution in [-0.4, -0.2) is 0 Å². The summed E-state index contributed by atoms with van der Waals surface area (Å²) in [6.07, 6.45) is 4.04. The molecule has 0 fully saturated rings. The first-order valence-electron chi connectivity index (χ1n) is 8.87.